The quantitative estimate of drug-likeness (QED) is 0.104. The van der Waals surface area contributed by atoms with Crippen LogP contribution in [0.4, 0.5) is 14.4 Å². The fourth-order valence-corrected chi connectivity index (χ4v) is 9.65. The number of benzene rings is 1. The molecule has 1 amide bonds. The van der Waals surface area contributed by atoms with Crippen LogP contribution in [0.25, 0.3) is 11.3 Å². The van der Waals surface area contributed by atoms with Crippen molar-refractivity contribution in [3.05, 3.63) is 30.5 Å². The van der Waals surface area contributed by atoms with Crippen LogP contribution in [0.3, 0.4) is 0 Å². The monoisotopic (exact) mass is 908 g/mol. The van der Waals surface area contributed by atoms with E-state index < -0.39 is 65.7 Å². The standard InChI is InChI=1S/C44H71N7O9.CH3FS/c1-12-35-44(8)38(51(42(55)60-44)21-14-13-20-50-25-33(47-48-50)31-16-15-17-32(45)23-31)30(6)46-19-18-26(2)24-43(7,56-11)39(28(4)36(52)29(5)40(54)58-35)59-41-37(53)34(49(9)10)22-27(3)57-41;1-3-2/h15-17,23,25-30,34-35,37-39,41,46,53H,12-14,18-22,24,45H2,1-11H3;1H3/t26-,27?,28+,29-,30+,34?,35-,37?,38-,39-,41+,43-,44-;/m1./s1. The number of amides is 1. The molecule has 13 atom stereocenters. The summed E-state index contributed by atoms with van der Waals surface area (Å²) in [6, 6.07) is 6.53. The van der Waals surface area contributed by atoms with Crippen LogP contribution in [-0.2, 0) is 39.8 Å². The Balaban J connectivity index is 0.00000282. The molecule has 3 fully saturated rings. The van der Waals surface area contributed by atoms with Gasteiger partial charge in [0.05, 0.1) is 30.0 Å². The van der Waals surface area contributed by atoms with Gasteiger partial charge in [-0.1, -0.05) is 38.1 Å². The van der Waals surface area contributed by atoms with Crippen molar-refractivity contribution in [3.63, 3.8) is 0 Å². The number of hydrogen-bond acceptors (Lipinski definition) is 15. The summed E-state index contributed by atoms with van der Waals surface area (Å²) in [5, 5.41) is 23.7. The molecule has 3 saturated heterocycles. The number of aromatic nitrogens is 3. The zero-order valence-corrected chi connectivity index (χ0v) is 40.2. The number of cyclic esters (lactones) is 1. The number of nitrogens with two attached hydrogens (primary N) is 1. The Morgan fingerprint density at radius 1 is 1.11 bits per heavy atom. The lowest BCUT2D eigenvalue weighted by Crippen LogP contribution is -2.61. The molecule has 4 N–H and O–H groups in total. The summed E-state index contributed by atoms with van der Waals surface area (Å²) < 4.78 is 43.5. The van der Waals surface area contributed by atoms with Gasteiger partial charge < -0.3 is 44.7 Å². The number of nitrogens with zero attached hydrogens (tertiary/aromatic N) is 5. The van der Waals surface area contributed by atoms with Crippen LogP contribution in [0.15, 0.2) is 30.5 Å². The minimum absolute atomic E-state index is 0.0906. The van der Waals surface area contributed by atoms with Crippen LogP contribution in [0.5, 0.6) is 0 Å². The van der Waals surface area contributed by atoms with Gasteiger partial charge in [0, 0.05) is 67.9 Å². The second-order valence-corrected chi connectivity index (χ2v) is 18.6. The number of rotatable bonds is 11. The van der Waals surface area contributed by atoms with Crippen molar-refractivity contribution in [2.24, 2.45) is 17.8 Å². The zero-order valence-electron chi connectivity index (χ0n) is 39.4. The largest absolute Gasteiger partial charge is 0.458 e. The van der Waals surface area contributed by atoms with E-state index in [2.05, 4.69) is 22.6 Å². The minimum atomic E-state index is -1.22. The number of halogens is 1. The Hall–Kier alpha value is -3.39. The highest BCUT2D eigenvalue weighted by Gasteiger charge is 2.58. The fraction of sp³-hybridized carbons (Fsp3) is 0.756. The van der Waals surface area contributed by atoms with E-state index in [0.717, 1.165) is 24.1 Å². The second kappa shape index (κ2) is 23.2. The Bertz CT molecular complexity index is 1790. The number of carbonyl (C=O) groups excluding carboxylic acids is 3. The van der Waals surface area contributed by atoms with Crippen LogP contribution >= 0.6 is 12.1 Å². The van der Waals surface area contributed by atoms with Crippen molar-refractivity contribution < 1.29 is 47.1 Å². The first-order valence-electron chi connectivity index (χ1n) is 22.3. The Morgan fingerprint density at radius 3 is 2.43 bits per heavy atom. The predicted molar refractivity (Wildman–Crippen MR) is 241 cm³/mol. The average molecular weight is 908 g/mol. The number of likely N-dealkylation sites (N-methyl/N-ethyl adjacent to an activating group) is 1. The SMILES string of the molecule is CC[C@H]1OC(=O)[C@H](C)C(=O)[C@H](C)[C@@H](O[C@@H]2OC(C)CC(N(C)C)C2O)[C@](C)(OC)C[C@H](C)CCN[C@@H](C)[C@H]2N(CCCCn3cc(-c4cccc(N)c4)nn3)C(=O)O[C@]12C.CSF. The number of aryl methyl sites for hydroxylation is 1. The first-order chi connectivity index (χ1) is 29.7. The van der Waals surface area contributed by atoms with Gasteiger partial charge in [0.1, 0.15) is 23.8 Å². The van der Waals surface area contributed by atoms with E-state index in [1.165, 1.54) is 6.26 Å². The summed E-state index contributed by atoms with van der Waals surface area (Å²) >= 11 is 0.250. The van der Waals surface area contributed by atoms with Crippen molar-refractivity contribution in [1.82, 2.24) is 30.1 Å². The lowest BCUT2D eigenvalue weighted by Gasteiger charge is -2.47. The number of anilines is 1. The van der Waals surface area contributed by atoms with Crippen LogP contribution in [-0.4, -0.2) is 148 Å². The molecule has 0 saturated carbocycles. The first kappa shape index (κ1) is 52.2. The summed E-state index contributed by atoms with van der Waals surface area (Å²) in [7, 11) is 5.41. The van der Waals surface area contributed by atoms with Gasteiger partial charge in [-0.05, 0) is 112 Å². The highest BCUT2D eigenvalue weighted by Crippen LogP contribution is 2.40. The Kier molecular flexibility index (Phi) is 19.2. The maximum absolute atomic E-state index is 14.4. The number of fused-ring (bicyclic) bond motifs is 1. The van der Waals surface area contributed by atoms with Crippen LogP contribution in [0.2, 0.25) is 0 Å². The molecule has 3 aliphatic heterocycles. The molecule has 0 aliphatic carbocycles. The van der Waals surface area contributed by atoms with Crippen molar-refractivity contribution in [2.75, 3.05) is 46.3 Å². The fourth-order valence-electron chi connectivity index (χ4n) is 9.65. The number of nitrogen functional groups attached to an aromatic ring is 1. The highest BCUT2D eigenvalue weighted by atomic mass is 32.2. The van der Waals surface area contributed by atoms with Gasteiger partial charge in [-0.3, -0.25) is 19.2 Å². The van der Waals surface area contributed by atoms with Gasteiger partial charge in [0.25, 0.3) is 0 Å². The molecule has 0 bridgehead atoms. The number of ether oxygens (including phenoxy) is 5. The van der Waals surface area contributed by atoms with Crippen molar-refractivity contribution in [2.45, 2.75) is 160 Å². The number of hydrogen-bond donors (Lipinski definition) is 3. The minimum Gasteiger partial charge on any atom is -0.458 e. The van der Waals surface area contributed by atoms with Crippen molar-refractivity contribution >= 4 is 35.7 Å². The Labute approximate surface area is 378 Å². The number of methoxy groups -OCH3 is 1. The summed E-state index contributed by atoms with van der Waals surface area (Å²) in [5.41, 5.74) is 6.00. The number of Topliss-reactive ketones (excluding diaryl/α,β-unsaturated/α-hetero) is 1. The topological polar surface area (TPSA) is 193 Å². The highest BCUT2D eigenvalue weighted by molar-refractivity contribution is 7.93. The lowest BCUT2D eigenvalue weighted by atomic mass is 9.78. The van der Waals surface area contributed by atoms with Gasteiger partial charge in [0.2, 0.25) is 0 Å². The molecule has 0 spiro atoms. The van der Waals surface area contributed by atoms with Gasteiger partial charge in [-0.25, -0.2) is 4.79 Å². The van der Waals surface area contributed by atoms with E-state index in [-0.39, 0.29) is 42.0 Å². The molecule has 18 heteroatoms. The summed E-state index contributed by atoms with van der Waals surface area (Å²) in [4.78, 5) is 46.0. The molecule has 63 heavy (non-hydrogen) atoms. The smallest absolute Gasteiger partial charge is 0.410 e. The third-order valence-electron chi connectivity index (χ3n) is 13.1. The van der Waals surface area contributed by atoms with Gasteiger partial charge in [-0.2, -0.15) is 3.89 Å². The van der Waals surface area contributed by atoms with Crippen molar-refractivity contribution in [3.8, 4) is 11.3 Å². The molecule has 356 valence electrons. The second-order valence-electron chi connectivity index (χ2n) is 18.3. The van der Waals surface area contributed by atoms with Gasteiger partial charge in [-0.15, -0.1) is 5.10 Å². The first-order valence-corrected chi connectivity index (χ1v) is 23.5. The third kappa shape index (κ3) is 12.7. The predicted octanol–water partition coefficient (Wildman–Crippen LogP) is 5.91. The number of nitrogens with one attached hydrogen (secondary N) is 1. The van der Waals surface area contributed by atoms with Crippen LogP contribution < -0.4 is 11.1 Å². The third-order valence-corrected chi connectivity index (χ3v) is 13.1. The summed E-state index contributed by atoms with van der Waals surface area (Å²) in [6.45, 7) is 16.6. The van der Waals surface area contributed by atoms with Gasteiger partial charge >= 0.3 is 12.1 Å². The number of ketones is 1. The maximum Gasteiger partial charge on any atom is 0.410 e. The molecule has 3 aliphatic rings. The van der Waals surface area contributed by atoms with E-state index in [0.29, 0.717) is 51.0 Å². The van der Waals surface area contributed by atoms with E-state index >= 15 is 0 Å². The average Bonchev–Trinajstić information content (AvgIpc) is 3.81. The lowest BCUT2D eigenvalue weighted by molar-refractivity contribution is -0.295. The molecule has 0 radical (unpaired) electrons. The number of esters is 1. The van der Waals surface area contributed by atoms with E-state index in [1.54, 1.807) is 30.5 Å². The molecule has 2 aromatic rings. The van der Waals surface area contributed by atoms with E-state index in [4.69, 9.17) is 29.4 Å². The molecule has 1 aromatic carbocycles. The molecule has 5 rings (SSSR count). The molecule has 16 nitrogen and oxygen atoms in total. The normalized spacial score (nSPS) is 34.8. The Morgan fingerprint density at radius 2 is 1.79 bits per heavy atom. The summed E-state index contributed by atoms with van der Waals surface area (Å²) in [5.74, 6) is -3.05. The number of unbranched alkanes of at least 4 members (excludes halogenated alkanes) is 1. The molecular formula is C45H74FN7O9S. The number of aliphatic hydroxyl groups is 1. The molecule has 1 aromatic heterocycles. The summed E-state index contributed by atoms with van der Waals surface area (Å²) in [6.07, 6.45) is 2.43. The van der Waals surface area contributed by atoms with Crippen LogP contribution in [0.1, 0.15) is 93.9 Å². The molecule has 3 unspecified atom stereocenters. The number of aliphatic hydroxyl groups excluding tert-OH is 1. The number of carbonyl (C=O) groups is 3. The van der Waals surface area contributed by atoms with Gasteiger partial charge in [0.15, 0.2) is 17.7 Å². The molecular weight excluding hydrogens is 834 g/mol. The maximum atomic E-state index is 14.4. The van der Waals surface area contributed by atoms with E-state index in [9.17, 15) is 23.4 Å². The van der Waals surface area contributed by atoms with Crippen molar-refractivity contribution in [1.29, 1.82) is 0 Å². The van der Waals surface area contributed by atoms with E-state index in [1.807, 2.05) is 84.1 Å². The molecule has 4 heterocycles. The van der Waals surface area contributed by atoms with Crippen LogP contribution in [0, 0.1) is 17.8 Å². The zero-order chi connectivity index (χ0) is 46.8.